The lowest BCUT2D eigenvalue weighted by atomic mass is 9.73. The normalized spacial score (nSPS) is 36.7. The van der Waals surface area contributed by atoms with Gasteiger partial charge in [-0.1, -0.05) is 55.3 Å². The number of sulfone groups is 1. The van der Waals surface area contributed by atoms with E-state index in [1.807, 2.05) is 18.2 Å². The van der Waals surface area contributed by atoms with E-state index < -0.39 is 9.84 Å². The molecule has 0 radical (unpaired) electrons. The molecule has 0 heterocycles. The highest BCUT2D eigenvalue weighted by Crippen LogP contribution is 2.55. The van der Waals surface area contributed by atoms with Gasteiger partial charge in [-0.2, -0.15) is 0 Å². The minimum atomic E-state index is -3.26. The summed E-state index contributed by atoms with van der Waals surface area (Å²) in [6.45, 7) is 4.34. The first-order valence-electron chi connectivity index (χ1n) is 8.21. The lowest BCUT2D eigenvalue weighted by molar-refractivity contribution is 0.427. The molecule has 3 aliphatic rings. The zero-order valence-electron chi connectivity index (χ0n) is 13.1. The fourth-order valence-electron chi connectivity index (χ4n) is 4.90. The number of hydrogen-bond donors (Lipinski definition) is 0. The van der Waals surface area contributed by atoms with Crippen molar-refractivity contribution in [2.24, 2.45) is 23.7 Å². The molecule has 0 aliphatic heterocycles. The summed E-state index contributed by atoms with van der Waals surface area (Å²) in [6.07, 6.45) is 6.56. The minimum absolute atomic E-state index is 0.136. The zero-order chi connectivity index (χ0) is 15.5. The summed E-state index contributed by atoms with van der Waals surface area (Å²) < 4.78 is 26.2. The van der Waals surface area contributed by atoms with E-state index in [9.17, 15) is 8.42 Å². The summed E-state index contributed by atoms with van der Waals surface area (Å²) >= 11 is 0. The van der Waals surface area contributed by atoms with E-state index in [-0.39, 0.29) is 11.2 Å². The van der Waals surface area contributed by atoms with Crippen LogP contribution in [0.4, 0.5) is 0 Å². The summed E-state index contributed by atoms with van der Waals surface area (Å²) in [5.74, 6) is 1.59. The quantitative estimate of drug-likeness (QED) is 0.773. The van der Waals surface area contributed by atoms with E-state index in [2.05, 4.69) is 26.0 Å². The van der Waals surface area contributed by atoms with Crippen LogP contribution in [0.1, 0.15) is 26.7 Å². The van der Waals surface area contributed by atoms with Gasteiger partial charge in [0.15, 0.2) is 9.84 Å². The maximum Gasteiger partial charge on any atom is 0.181 e. The summed E-state index contributed by atoms with van der Waals surface area (Å²) in [5, 5.41) is -0.281. The molecule has 0 saturated carbocycles. The van der Waals surface area contributed by atoms with Gasteiger partial charge in [0.1, 0.15) is 0 Å². The van der Waals surface area contributed by atoms with Gasteiger partial charge in [0, 0.05) is 0 Å². The second-order valence-corrected chi connectivity index (χ2v) is 9.23. The SMILES string of the molecule is C[C@@H]1C[C@H](S(=O)(=O)c2ccccc2)[C@H](C)C2=C1[C@H]1C=C[C@H]2C1. The Morgan fingerprint density at radius 3 is 2.23 bits per heavy atom. The van der Waals surface area contributed by atoms with Crippen molar-refractivity contribution in [3.8, 4) is 0 Å². The molecule has 0 N–H and O–H groups in total. The summed E-state index contributed by atoms with van der Waals surface area (Å²) in [7, 11) is -3.26. The predicted octanol–water partition coefficient (Wildman–Crippen LogP) is 4.01. The highest BCUT2D eigenvalue weighted by atomic mass is 32.2. The highest BCUT2D eigenvalue weighted by molar-refractivity contribution is 7.92. The van der Waals surface area contributed by atoms with Gasteiger partial charge in [0.05, 0.1) is 10.1 Å². The van der Waals surface area contributed by atoms with Gasteiger partial charge in [-0.3, -0.25) is 0 Å². The standard InChI is InChI=1S/C19H22O2S/c1-12-10-17(22(20,21)16-6-4-3-5-7-16)13(2)19-15-9-8-14(11-15)18(12)19/h3-9,12-15,17H,10-11H2,1-2H3/t12-,13+,14+,15+,17+/m1/s1. The van der Waals surface area contributed by atoms with Gasteiger partial charge in [0.2, 0.25) is 0 Å². The third kappa shape index (κ3) is 1.88. The van der Waals surface area contributed by atoms with E-state index >= 15 is 0 Å². The monoisotopic (exact) mass is 314 g/mol. The molecule has 0 saturated heterocycles. The van der Waals surface area contributed by atoms with Crippen LogP contribution in [0.5, 0.6) is 0 Å². The summed E-state index contributed by atoms with van der Waals surface area (Å²) in [4.78, 5) is 0.474. The topological polar surface area (TPSA) is 34.1 Å². The molecular weight excluding hydrogens is 292 g/mol. The van der Waals surface area contributed by atoms with Crippen LogP contribution in [0.3, 0.4) is 0 Å². The van der Waals surface area contributed by atoms with Crippen molar-refractivity contribution >= 4 is 9.84 Å². The Morgan fingerprint density at radius 1 is 0.909 bits per heavy atom. The van der Waals surface area contributed by atoms with Gasteiger partial charge in [0.25, 0.3) is 0 Å². The number of hydrogen-bond acceptors (Lipinski definition) is 2. The molecule has 2 bridgehead atoms. The zero-order valence-corrected chi connectivity index (χ0v) is 13.9. The van der Waals surface area contributed by atoms with Crippen molar-refractivity contribution in [1.29, 1.82) is 0 Å². The van der Waals surface area contributed by atoms with Crippen molar-refractivity contribution < 1.29 is 8.42 Å². The molecule has 0 spiro atoms. The van der Waals surface area contributed by atoms with Gasteiger partial charge >= 0.3 is 0 Å². The first-order valence-corrected chi connectivity index (χ1v) is 9.76. The van der Waals surface area contributed by atoms with E-state index in [1.165, 1.54) is 12.0 Å². The van der Waals surface area contributed by atoms with Crippen LogP contribution in [-0.4, -0.2) is 13.7 Å². The van der Waals surface area contributed by atoms with Crippen molar-refractivity contribution in [1.82, 2.24) is 0 Å². The molecule has 0 aromatic heterocycles. The molecule has 2 nitrogen and oxygen atoms in total. The second kappa shape index (κ2) is 4.82. The van der Waals surface area contributed by atoms with Crippen LogP contribution < -0.4 is 0 Å². The predicted molar refractivity (Wildman–Crippen MR) is 88.1 cm³/mol. The van der Waals surface area contributed by atoms with E-state index in [0.717, 1.165) is 6.42 Å². The Labute approximate surface area is 132 Å². The molecule has 0 fully saturated rings. The van der Waals surface area contributed by atoms with Crippen LogP contribution in [0.15, 0.2) is 58.5 Å². The maximum atomic E-state index is 13.1. The van der Waals surface area contributed by atoms with Crippen molar-refractivity contribution in [3.05, 3.63) is 53.6 Å². The molecule has 4 rings (SSSR count). The van der Waals surface area contributed by atoms with E-state index in [1.54, 1.807) is 17.7 Å². The van der Waals surface area contributed by atoms with Crippen LogP contribution in [0.2, 0.25) is 0 Å². The Balaban J connectivity index is 1.75. The third-order valence-corrected chi connectivity index (χ3v) is 8.18. The molecule has 116 valence electrons. The Bertz CT molecular complexity index is 758. The Kier molecular flexibility index (Phi) is 3.12. The molecule has 0 amide bonds. The second-order valence-electron chi connectivity index (χ2n) is 7.07. The van der Waals surface area contributed by atoms with Crippen LogP contribution >= 0.6 is 0 Å². The average Bonchev–Trinajstić information content (AvgIpc) is 3.13. The van der Waals surface area contributed by atoms with Crippen LogP contribution in [0, 0.1) is 23.7 Å². The van der Waals surface area contributed by atoms with Gasteiger partial charge < -0.3 is 0 Å². The molecule has 3 heteroatoms. The lowest BCUT2D eigenvalue weighted by Gasteiger charge is -2.37. The molecule has 1 aromatic carbocycles. The fraction of sp³-hybridized carbons (Fsp3) is 0.474. The van der Waals surface area contributed by atoms with E-state index in [0.29, 0.717) is 22.6 Å². The van der Waals surface area contributed by atoms with Gasteiger partial charge in [-0.15, -0.1) is 0 Å². The summed E-state index contributed by atoms with van der Waals surface area (Å²) in [5.41, 5.74) is 3.00. The number of rotatable bonds is 2. The van der Waals surface area contributed by atoms with Gasteiger partial charge in [-0.25, -0.2) is 8.42 Å². The Hall–Kier alpha value is -1.35. The summed E-state index contributed by atoms with van der Waals surface area (Å²) in [6, 6.07) is 8.96. The maximum absolute atomic E-state index is 13.1. The van der Waals surface area contributed by atoms with Crippen molar-refractivity contribution in [3.63, 3.8) is 0 Å². The number of fused-ring (bicyclic) bond motifs is 4. The Morgan fingerprint density at radius 2 is 1.55 bits per heavy atom. The molecule has 5 atom stereocenters. The van der Waals surface area contributed by atoms with E-state index in [4.69, 9.17) is 0 Å². The number of benzene rings is 1. The van der Waals surface area contributed by atoms with Crippen LogP contribution in [-0.2, 0) is 9.84 Å². The third-order valence-electron chi connectivity index (χ3n) is 5.85. The van der Waals surface area contributed by atoms with Gasteiger partial charge in [-0.05, 0) is 48.6 Å². The molecule has 1 aromatic rings. The van der Waals surface area contributed by atoms with Crippen molar-refractivity contribution in [2.75, 3.05) is 0 Å². The fourth-order valence-corrected chi connectivity index (χ4v) is 7.01. The first-order chi connectivity index (χ1) is 10.5. The number of allylic oxidation sites excluding steroid dienone is 4. The van der Waals surface area contributed by atoms with Crippen molar-refractivity contribution in [2.45, 2.75) is 36.8 Å². The smallest absolute Gasteiger partial charge is 0.181 e. The minimum Gasteiger partial charge on any atom is -0.223 e. The lowest BCUT2D eigenvalue weighted by Crippen LogP contribution is -2.37. The largest absolute Gasteiger partial charge is 0.223 e. The highest BCUT2D eigenvalue weighted by Gasteiger charge is 2.48. The molecule has 0 unspecified atom stereocenters. The molecular formula is C19H22O2S. The average molecular weight is 314 g/mol. The van der Waals surface area contributed by atoms with Crippen LogP contribution in [0.25, 0.3) is 0 Å². The molecule has 22 heavy (non-hydrogen) atoms. The first kappa shape index (κ1) is 14.3. The molecule has 3 aliphatic carbocycles.